The second kappa shape index (κ2) is 5.21. The maximum absolute atomic E-state index is 13.1. The van der Waals surface area contributed by atoms with Crippen LogP contribution in [0.3, 0.4) is 0 Å². The summed E-state index contributed by atoms with van der Waals surface area (Å²) in [7, 11) is 0. The van der Waals surface area contributed by atoms with E-state index in [2.05, 4.69) is 19.8 Å². The fourth-order valence-corrected chi connectivity index (χ4v) is 2.71. The van der Waals surface area contributed by atoms with E-state index in [1.807, 2.05) is 25.1 Å². The van der Waals surface area contributed by atoms with E-state index in [0.29, 0.717) is 22.0 Å². The van der Waals surface area contributed by atoms with Crippen molar-refractivity contribution >= 4 is 34.0 Å². The van der Waals surface area contributed by atoms with Crippen molar-refractivity contribution in [2.75, 3.05) is 5.32 Å². The van der Waals surface area contributed by atoms with Crippen molar-refractivity contribution in [2.45, 2.75) is 13.2 Å². The number of anilines is 2. The summed E-state index contributed by atoms with van der Waals surface area (Å²) in [6.07, 6.45) is -3.63. The molecule has 0 fully saturated rings. The number of hydrogen-bond acceptors (Lipinski definition) is 4. The number of nitrogens with zero attached hydrogens (tertiary/aromatic N) is 1. The summed E-state index contributed by atoms with van der Waals surface area (Å²) in [6, 6.07) is 12.0. The summed E-state index contributed by atoms with van der Waals surface area (Å²) in [5, 5.41) is 4.55. The second-order valence-electron chi connectivity index (χ2n) is 5.42. The molecule has 1 N–H and O–H groups in total. The van der Waals surface area contributed by atoms with Crippen LogP contribution >= 0.6 is 11.6 Å². The summed E-state index contributed by atoms with van der Waals surface area (Å²) in [4.78, 5) is 4.49. The Bertz CT molecular complexity index is 963. The average Bonchev–Trinajstić information content (AvgIpc) is 2.84. The van der Waals surface area contributed by atoms with Crippen molar-refractivity contribution in [1.82, 2.24) is 4.98 Å². The van der Waals surface area contributed by atoms with Crippen molar-refractivity contribution in [1.29, 1.82) is 0 Å². The van der Waals surface area contributed by atoms with Crippen LogP contribution in [0.15, 0.2) is 42.5 Å². The van der Waals surface area contributed by atoms with Gasteiger partial charge in [-0.25, -0.2) is 4.98 Å². The molecule has 0 radical (unpaired) electrons. The van der Waals surface area contributed by atoms with Gasteiger partial charge >= 0.3 is 6.29 Å². The molecule has 3 aromatic rings. The molecule has 2 heterocycles. The van der Waals surface area contributed by atoms with Gasteiger partial charge in [0.2, 0.25) is 0 Å². The van der Waals surface area contributed by atoms with Gasteiger partial charge < -0.3 is 14.8 Å². The molecule has 0 atom stereocenters. The van der Waals surface area contributed by atoms with Gasteiger partial charge in [-0.3, -0.25) is 0 Å². The Balaban J connectivity index is 1.67. The first-order valence-corrected chi connectivity index (χ1v) is 7.52. The number of fused-ring (bicyclic) bond motifs is 2. The number of nitrogens with one attached hydrogen (secondary N) is 1. The van der Waals surface area contributed by atoms with Crippen LogP contribution in [0.2, 0.25) is 5.02 Å². The lowest BCUT2D eigenvalue weighted by molar-refractivity contribution is -0.286. The molecule has 0 unspecified atom stereocenters. The smallest absolute Gasteiger partial charge is 0.395 e. The van der Waals surface area contributed by atoms with E-state index in [1.165, 1.54) is 12.1 Å². The monoisotopic (exact) mass is 348 g/mol. The van der Waals surface area contributed by atoms with Gasteiger partial charge in [0.25, 0.3) is 0 Å². The highest BCUT2D eigenvalue weighted by Crippen LogP contribution is 2.42. The predicted octanol–water partition coefficient (Wildman–Crippen LogP) is 5.26. The Morgan fingerprint density at radius 3 is 2.62 bits per heavy atom. The van der Waals surface area contributed by atoms with Crippen molar-refractivity contribution in [3.05, 3.63) is 53.1 Å². The van der Waals surface area contributed by atoms with Crippen molar-refractivity contribution < 1.29 is 18.3 Å². The van der Waals surface area contributed by atoms with Crippen LogP contribution in [-0.4, -0.2) is 11.3 Å². The van der Waals surface area contributed by atoms with Gasteiger partial charge in [0.15, 0.2) is 11.5 Å². The van der Waals surface area contributed by atoms with Crippen LogP contribution < -0.4 is 14.8 Å². The molecule has 0 amide bonds. The zero-order valence-electron chi connectivity index (χ0n) is 12.4. The van der Waals surface area contributed by atoms with Crippen LogP contribution in [0, 0.1) is 6.92 Å². The van der Waals surface area contributed by atoms with Crippen molar-refractivity contribution in [2.24, 2.45) is 0 Å². The quantitative estimate of drug-likeness (QED) is 0.686. The van der Waals surface area contributed by atoms with Gasteiger partial charge in [0, 0.05) is 17.1 Å². The van der Waals surface area contributed by atoms with Crippen LogP contribution in [0.25, 0.3) is 10.9 Å². The molecule has 0 saturated carbocycles. The average molecular weight is 349 g/mol. The fraction of sp³-hybridized carbons (Fsp3) is 0.118. The summed E-state index contributed by atoms with van der Waals surface area (Å²) in [6.45, 7) is 1.90. The first kappa shape index (κ1) is 15.0. The Morgan fingerprint density at radius 1 is 1.04 bits per heavy atom. The molecule has 2 aromatic carbocycles. The summed E-state index contributed by atoms with van der Waals surface area (Å²) < 4.78 is 34.9. The molecule has 0 spiro atoms. The van der Waals surface area contributed by atoms with E-state index in [9.17, 15) is 8.78 Å². The van der Waals surface area contributed by atoms with E-state index >= 15 is 0 Å². The summed E-state index contributed by atoms with van der Waals surface area (Å²) in [5.74, 6) is 0.510. The van der Waals surface area contributed by atoms with Gasteiger partial charge in [-0.2, -0.15) is 0 Å². The van der Waals surface area contributed by atoms with Crippen LogP contribution in [-0.2, 0) is 0 Å². The van der Waals surface area contributed by atoms with Crippen LogP contribution in [0.1, 0.15) is 5.56 Å². The minimum atomic E-state index is -3.63. The highest BCUT2D eigenvalue weighted by molar-refractivity contribution is 6.35. The van der Waals surface area contributed by atoms with Gasteiger partial charge in [-0.15, -0.1) is 8.78 Å². The third-order valence-corrected chi connectivity index (χ3v) is 4.14. The number of benzene rings is 2. The molecule has 1 aromatic heterocycles. The molecule has 1 aliphatic rings. The number of rotatable bonds is 2. The zero-order chi connectivity index (χ0) is 16.9. The lowest BCUT2D eigenvalue weighted by Crippen LogP contribution is -2.25. The summed E-state index contributed by atoms with van der Waals surface area (Å²) >= 11 is 6.30. The first-order chi connectivity index (χ1) is 11.4. The largest absolute Gasteiger partial charge is 0.586 e. The van der Waals surface area contributed by atoms with Gasteiger partial charge in [-0.05, 0) is 36.8 Å². The van der Waals surface area contributed by atoms with Gasteiger partial charge in [0.05, 0.1) is 10.5 Å². The number of aryl methyl sites for hydroxylation is 1. The second-order valence-corrected chi connectivity index (χ2v) is 5.80. The molecule has 4 nitrogen and oxygen atoms in total. The SMILES string of the molecule is Cc1ccc2ccc(Nc3ccc4c(c3)OC(F)(F)O4)nc2c1Cl. The van der Waals surface area contributed by atoms with E-state index in [4.69, 9.17) is 11.6 Å². The molecule has 1 aliphatic heterocycles. The van der Waals surface area contributed by atoms with E-state index in [1.54, 1.807) is 12.1 Å². The fourth-order valence-electron chi connectivity index (χ4n) is 2.50. The molecule has 4 rings (SSSR count). The topological polar surface area (TPSA) is 43.4 Å². The highest BCUT2D eigenvalue weighted by atomic mass is 35.5. The van der Waals surface area contributed by atoms with Gasteiger partial charge in [-0.1, -0.05) is 23.7 Å². The van der Waals surface area contributed by atoms with Crippen molar-refractivity contribution in [3.63, 3.8) is 0 Å². The number of ether oxygens (including phenoxy) is 2. The Kier molecular flexibility index (Phi) is 3.25. The number of hydrogen-bond donors (Lipinski definition) is 1. The summed E-state index contributed by atoms with van der Waals surface area (Å²) in [5.41, 5.74) is 2.15. The molecule has 122 valence electrons. The number of aromatic nitrogens is 1. The minimum absolute atomic E-state index is 0.00399. The van der Waals surface area contributed by atoms with E-state index < -0.39 is 6.29 Å². The normalized spacial score (nSPS) is 14.8. The van der Waals surface area contributed by atoms with E-state index in [-0.39, 0.29) is 11.5 Å². The Hall–Kier alpha value is -2.60. The Morgan fingerprint density at radius 2 is 1.79 bits per heavy atom. The van der Waals surface area contributed by atoms with Crippen LogP contribution in [0.4, 0.5) is 20.3 Å². The zero-order valence-corrected chi connectivity index (χ0v) is 13.2. The predicted molar refractivity (Wildman–Crippen MR) is 87.4 cm³/mol. The van der Waals surface area contributed by atoms with E-state index in [0.717, 1.165) is 10.9 Å². The highest BCUT2D eigenvalue weighted by Gasteiger charge is 2.43. The maximum Gasteiger partial charge on any atom is 0.586 e. The van der Waals surface area contributed by atoms with Crippen LogP contribution in [0.5, 0.6) is 11.5 Å². The third-order valence-electron chi connectivity index (χ3n) is 3.67. The first-order valence-electron chi connectivity index (χ1n) is 7.14. The maximum atomic E-state index is 13.1. The van der Waals surface area contributed by atoms with Gasteiger partial charge in [0.1, 0.15) is 5.82 Å². The molecule has 7 heteroatoms. The molecule has 0 aliphatic carbocycles. The standard InChI is InChI=1S/C17H11ClF2N2O2/c1-9-2-3-10-4-7-14(22-16(10)15(9)18)21-11-5-6-12-13(8-11)24-17(19,20)23-12/h2-8H,1H3,(H,21,22). The molecular formula is C17H11ClF2N2O2. The molecular weight excluding hydrogens is 338 g/mol. The lowest BCUT2D eigenvalue weighted by atomic mass is 10.1. The molecule has 0 saturated heterocycles. The minimum Gasteiger partial charge on any atom is -0.395 e. The number of alkyl halides is 2. The third kappa shape index (κ3) is 2.59. The lowest BCUT2D eigenvalue weighted by Gasteiger charge is -2.09. The molecule has 0 bridgehead atoms. The molecule has 24 heavy (non-hydrogen) atoms. The van der Waals surface area contributed by atoms with Crippen molar-refractivity contribution in [3.8, 4) is 11.5 Å². The number of halogens is 3. The number of pyridine rings is 1. The Labute approximate surface area is 141 Å².